The summed E-state index contributed by atoms with van der Waals surface area (Å²) in [5.41, 5.74) is 5.08. The largest absolute Gasteiger partial charge is 0.357 e. The molecule has 0 radical (unpaired) electrons. The third kappa shape index (κ3) is 3.65. The predicted octanol–water partition coefficient (Wildman–Crippen LogP) is 3.84. The lowest BCUT2D eigenvalue weighted by Crippen LogP contribution is -2.35. The molecule has 5 heterocycles. The van der Waals surface area contributed by atoms with E-state index in [0.717, 1.165) is 71.6 Å². The first-order chi connectivity index (χ1) is 15.2. The molecule has 1 aliphatic rings. The molecule has 0 amide bonds. The van der Waals surface area contributed by atoms with Crippen LogP contribution in [0.1, 0.15) is 18.4 Å². The average molecular weight is 432 g/mol. The van der Waals surface area contributed by atoms with E-state index in [2.05, 4.69) is 27.2 Å². The van der Waals surface area contributed by atoms with Crippen LogP contribution in [0.4, 0.5) is 5.82 Å². The summed E-state index contributed by atoms with van der Waals surface area (Å²) in [7, 11) is 1.88. The second-order valence-corrected chi connectivity index (χ2v) is 8.58. The third-order valence-corrected chi connectivity index (χ3v) is 6.51. The molecule has 9 heteroatoms. The molecule has 0 atom stereocenters. The molecular formula is C22H21N7OS. The maximum absolute atomic E-state index is 9.58. The molecule has 4 aromatic heterocycles. The minimum atomic E-state index is 0.310. The van der Waals surface area contributed by atoms with Crippen LogP contribution in [0.5, 0.6) is 0 Å². The number of hydrogen-bond acceptors (Lipinski definition) is 7. The van der Waals surface area contributed by atoms with Crippen molar-refractivity contribution in [1.29, 1.82) is 5.26 Å². The van der Waals surface area contributed by atoms with E-state index >= 15 is 0 Å². The summed E-state index contributed by atoms with van der Waals surface area (Å²) in [6, 6.07) is 8.38. The van der Waals surface area contributed by atoms with Crippen molar-refractivity contribution in [2.24, 2.45) is 7.05 Å². The number of nitriles is 1. The number of anilines is 1. The number of fused-ring (bicyclic) bond motifs is 1. The Hall–Kier alpha value is -3.35. The zero-order chi connectivity index (χ0) is 21.4. The van der Waals surface area contributed by atoms with Crippen molar-refractivity contribution in [2.75, 3.05) is 18.0 Å². The summed E-state index contributed by atoms with van der Waals surface area (Å²) in [5, 5.41) is 18.6. The van der Waals surface area contributed by atoms with Gasteiger partial charge in [-0.2, -0.15) is 15.5 Å². The molecule has 5 rings (SSSR count). The van der Waals surface area contributed by atoms with Crippen LogP contribution in [0.2, 0.25) is 0 Å². The second kappa shape index (κ2) is 8.06. The Kier molecular flexibility index (Phi) is 5.10. The van der Waals surface area contributed by atoms with Crippen molar-refractivity contribution in [1.82, 2.24) is 24.4 Å². The minimum absolute atomic E-state index is 0.310. The van der Waals surface area contributed by atoms with Gasteiger partial charge in [0.1, 0.15) is 11.9 Å². The highest BCUT2D eigenvalue weighted by molar-refractivity contribution is 7.94. The van der Waals surface area contributed by atoms with Crippen LogP contribution in [0, 0.1) is 11.3 Å². The molecule has 0 spiro atoms. The van der Waals surface area contributed by atoms with E-state index in [1.165, 1.54) is 0 Å². The van der Waals surface area contributed by atoms with Gasteiger partial charge in [0.15, 0.2) is 0 Å². The molecule has 31 heavy (non-hydrogen) atoms. The number of aryl methyl sites for hydroxylation is 1. The van der Waals surface area contributed by atoms with Crippen LogP contribution in [0.15, 0.2) is 49.2 Å². The molecule has 4 aromatic rings. The van der Waals surface area contributed by atoms with Gasteiger partial charge >= 0.3 is 0 Å². The van der Waals surface area contributed by atoms with Crippen LogP contribution in [-0.2, 0) is 7.05 Å². The Labute approximate surface area is 184 Å². The molecule has 0 unspecified atom stereocenters. The van der Waals surface area contributed by atoms with Crippen LogP contribution in [-0.4, -0.2) is 47.3 Å². The molecule has 0 aliphatic carbocycles. The molecule has 8 nitrogen and oxygen atoms in total. The summed E-state index contributed by atoms with van der Waals surface area (Å²) >= 11 is 0.961. The lowest BCUT2D eigenvalue weighted by atomic mass is 10.0. The number of hydrogen-bond donors (Lipinski definition) is 1. The summed E-state index contributed by atoms with van der Waals surface area (Å²) < 4.78 is 12.8. The van der Waals surface area contributed by atoms with Crippen molar-refractivity contribution in [3.05, 3.63) is 54.7 Å². The first-order valence-electron chi connectivity index (χ1n) is 10.1. The fourth-order valence-corrected chi connectivity index (χ4v) is 4.50. The van der Waals surface area contributed by atoms with Crippen molar-refractivity contribution in [3.63, 3.8) is 0 Å². The fourth-order valence-electron chi connectivity index (χ4n) is 4.07. The van der Waals surface area contributed by atoms with Gasteiger partial charge in [0, 0.05) is 66.2 Å². The van der Waals surface area contributed by atoms with E-state index in [1.54, 1.807) is 15.4 Å². The molecule has 0 bridgehead atoms. The highest BCUT2D eigenvalue weighted by Crippen LogP contribution is 2.32. The van der Waals surface area contributed by atoms with E-state index in [-0.39, 0.29) is 0 Å². The van der Waals surface area contributed by atoms with Gasteiger partial charge in [-0.3, -0.25) is 4.68 Å². The van der Waals surface area contributed by atoms with E-state index < -0.39 is 0 Å². The Balaban J connectivity index is 1.54. The highest BCUT2D eigenvalue weighted by atomic mass is 32.2. The Morgan fingerprint density at radius 3 is 2.55 bits per heavy atom. The highest BCUT2D eigenvalue weighted by Gasteiger charge is 2.21. The molecule has 0 saturated carbocycles. The second-order valence-electron chi connectivity index (χ2n) is 7.71. The molecule has 156 valence electrons. The maximum Gasteiger partial charge on any atom is 0.128 e. The Morgan fingerprint density at radius 2 is 1.90 bits per heavy atom. The lowest BCUT2D eigenvalue weighted by molar-refractivity contribution is 0.558. The van der Waals surface area contributed by atoms with E-state index in [9.17, 15) is 9.81 Å². The number of pyridine rings is 2. The molecule has 1 fully saturated rings. The number of piperidine rings is 1. The fraction of sp³-hybridized carbons (Fsp3) is 0.273. The Bertz CT molecular complexity index is 1260. The minimum Gasteiger partial charge on any atom is -0.357 e. The summed E-state index contributed by atoms with van der Waals surface area (Å²) in [5.74, 6) is 0.929. The van der Waals surface area contributed by atoms with Crippen LogP contribution in [0.25, 0.3) is 27.8 Å². The van der Waals surface area contributed by atoms with Gasteiger partial charge in [0.05, 0.1) is 23.5 Å². The first-order valence-corrected chi connectivity index (χ1v) is 10.9. The van der Waals surface area contributed by atoms with Gasteiger partial charge in [0.25, 0.3) is 0 Å². The van der Waals surface area contributed by atoms with Crippen molar-refractivity contribution in [2.45, 2.75) is 18.1 Å². The van der Waals surface area contributed by atoms with Gasteiger partial charge < -0.3 is 9.45 Å². The number of rotatable bonds is 4. The van der Waals surface area contributed by atoms with Crippen LogP contribution >= 0.6 is 12.0 Å². The van der Waals surface area contributed by atoms with E-state index in [4.69, 9.17) is 4.98 Å². The van der Waals surface area contributed by atoms with Gasteiger partial charge in [-0.1, -0.05) is 0 Å². The molecule has 1 aliphatic heterocycles. The summed E-state index contributed by atoms with van der Waals surface area (Å²) in [6.07, 6.45) is 11.0. The van der Waals surface area contributed by atoms with E-state index in [0.29, 0.717) is 10.8 Å². The van der Waals surface area contributed by atoms with E-state index in [1.807, 2.05) is 44.0 Å². The predicted molar refractivity (Wildman–Crippen MR) is 121 cm³/mol. The van der Waals surface area contributed by atoms with Crippen molar-refractivity contribution in [3.8, 4) is 28.3 Å². The third-order valence-electron chi connectivity index (χ3n) is 5.74. The van der Waals surface area contributed by atoms with Crippen molar-refractivity contribution >= 4 is 23.4 Å². The maximum atomic E-state index is 9.58. The first kappa shape index (κ1) is 19.6. The summed E-state index contributed by atoms with van der Waals surface area (Å²) in [4.78, 5) is 6.96. The Morgan fingerprint density at radius 1 is 1.06 bits per heavy atom. The number of aromatic nitrogens is 5. The van der Waals surface area contributed by atoms with Gasteiger partial charge in [-0.25, -0.2) is 9.50 Å². The van der Waals surface area contributed by atoms with Crippen LogP contribution in [0.3, 0.4) is 0 Å². The summed E-state index contributed by atoms with van der Waals surface area (Å²) in [6.45, 7) is 1.76. The zero-order valence-corrected chi connectivity index (χ0v) is 17.8. The topological polar surface area (TPSA) is 95.3 Å². The standard InChI is InChI=1S/C22H21N7OS/c1-27-13-18(12-25-27)16-8-20(22-17(9-23)11-26-29(22)14-16)15-2-3-21(24-10-15)28-6-4-19(31-30)5-7-28/h2-3,8,10-14,19,30H,4-7H2,1H3. The molecule has 1 saturated heterocycles. The molecular weight excluding hydrogens is 410 g/mol. The zero-order valence-electron chi connectivity index (χ0n) is 17.0. The quantitative estimate of drug-likeness (QED) is 0.491. The average Bonchev–Trinajstić information content (AvgIpc) is 3.44. The number of nitrogens with zero attached hydrogens (tertiary/aromatic N) is 7. The normalized spacial score (nSPS) is 14.8. The monoisotopic (exact) mass is 431 g/mol. The van der Waals surface area contributed by atoms with Gasteiger partial charge in [0.2, 0.25) is 0 Å². The lowest BCUT2D eigenvalue weighted by Gasteiger charge is -2.31. The molecule has 1 N–H and O–H groups in total. The SMILES string of the molecule is Cn1cc(-c2cc(-c3ccc(N4CCC(SO)CC4)nc3)c3c(C#N)cnn3c2)cn1. The van der Waals surface area contributed by atoms with Crippen LogP contribution < -0.4 is 4.90 Å². The van der Waals surface area contributed by atoms with Gasteiger partial charge in [-0.05, 0) is 43.1 Å². The molecule has 0 aromatic carbocycles. The smallest absolute Gasteiger partial charge is 0.128 e. The van der Waals surface area contributed by atoms with Gasteiger partial charge in [-0.15, -0.1) is 0 Å². The van der Waals surface area contributed by atoms with Crippen molar-refractivity contribution < 1.29 is 4.55 Å².